The first-order valence-corrected chi connectivity index (χ1v) is 13.1. The fourth-order valence-electron chi connectivity index (χ4n) is 4.58. The van der Waals surface area contributed by atoms with Crippen LogP contribution in [0.25, 0.3) is 0 Å². The molecule has 2 atom stereocenters. The number of fused-ring (bicyclic) bond motifs is 1. The van der Waals surface area contributed by atoms with Crippen LogP contribution in [0.5, 0.6) is 0 Å². The number of aromatic nitrogens is 2. The number of hydrogen-bond donors (Lipinski definition) is 5. The van der Waals surface area contributed by atoms with Gasteiger partial charge in [-0.3, -0.25) is 4.79 Å². The van der Waals surface area contributed by atoms with Crippen molar-refractivity contribution in [1.29, 1.82) is 0 Å². The minimum atomic E-state index is -2.62. The molecule has 0 spiro atoms. The molecule has 12 heteroatoms. The fraction of sp³-hybridized carbons (Fsp3) is 0.500. The molecule has 0 radical (unpaired) electrons. The van der Waals surface area contributed by atoms with E-state index in [0.29, 0.717) is 35.4 Å². The second-order valence-corrected chi connectivity index (χ2v) is 9.74. The summed E-state index contributed by atoms with van der Waals surface area (Å²) in [6.07, 6.45) is 5.50. The normalized spacial score (nSPS) is 20.4. The SMILES string of the molecule is CCN1CCNC(=O)c2ccc(Nc3ncc(Cl)c(N[C@@H]4CCCC[C@@H]4CN[SH](=O)=O)n3)cc21. The molecule has 1 aliphatic heterocycles. The van der Waals surface area contributed by atoms with Crippen LogP contribution >= 0.6 is 11.6 Å². The Morgan fingerprint density at radius 1 is 1.26 bits per heavy atom. The Hall–Kier alpha value is -2.63. The number of amides is 1. The molecule has 184 valence electrons. The molecule has 10 nitrogen and oxygen atoms in total. The molecule has 0 bridgehead atoms. The summed E-state index contributed by atoms with van der Waals surface area (Å²) in [7, 11) is -2.62. The summed E-state index contributed by atoms with van der Waals surface area (Å²) in [5.74, 6) is 0.956. The van der Waals surface area contributed by atoms with E-state index in [1.165, 1.54) is 0 Å². The number of carbonyl (C=O) groups excluding carboxylic acids is 1. The highest BCUT2D eigenvalue weighted by Crippen LogP contribution is 2.31. The van der Waals surface area contributed by atoms with Crippen molar-refractivity contribution in [2.45, 2.75) is 38.6 Å². The van der Waals surface area contributed by atoms with Gasteiger partial charge in [0.25, 0.3) is 5.91 Å². The Morgan fingerprint density at radius 2 is 2.09 bits per heavy atom. The first-order valence-electron chi connectivity index (χ1n) is 11.6. The van der Waals surface area contributed by atoms with Crippen molar-refractivity contribution in [3.8, 4) is 0 Å². The third-order valence-corrected chi connectivity index (χ3v) is 7.06. The van der Waals surface area contributed by atoms with Crippen molar-refractivity contribution in [1.82, 2.24) is 20.0 Å². The average molecular weight is 508 g/mol. The van der Waals surface area contributed by atoms with E-state index >= 15 is 0 Å². The van der Waals surface area contributed by atoms with E-state index in [0.717, 1.165) is 50.1 Å². The molecular formula is C22H30ClN7O3S. The van der Waals surface area contributed by atoms with E-state index < -0.39 is 10.9 Å². The Bertz CT molecular complexity index is 1110. The van der Waals surface area contributed by atoms with Gasteiger partial charge < -0.3 is 20.9 Å². The molecule has 2 aliphatic rings. The molecule has 4 rings (SSSR count). The summed E-state index contributed by atoms with van der Waals surface area (Å²) in [6.45, 7) is 4.57. The summed E-state index contributed by atoms with van der Waals surface area (Å²) in [5, 5.41) is 9.94. The molecule has 1 aromatic heterocycles. The molecule has 1 saturated carbocycles. The molecule has 1 aliphatic carbocycles. The van der Waals surface area contributed by atoms with E-state index in [1.54, 1.807) is 12.3 Å². The molecule has 1 aromatic carbocycles. The number of anilines is 4. The Kier molecular flexibility index (Phi) is 8.07. The highest BCUT2D eigenvalue weighted by atomic mass is 35.5. The van der Waals surface area contributed by atoms with Crippen LogP contribution in [0.15, 0.2) is 24.4 Å². The third-order valence-electron chi connectivity index (χ3n) is 6.35. The summed E-state index contributed by atoms with van der Waals surface area (Å²) < 4.78 is 24.5. The maximum atomic E-state index is 12.4. The first kappa shape index (κ1) is 24.5. The summed E-state index contributed by atoms with van der Waals surface area (Å²) in [6, 6.07) is 5.62. The largest absolute Gasteiger partial charge is 0.369 e. The van der Waals surface area contributed by atoms with Crippen molar-refractivity contribution >= 4 is 51.5 Å². The summed E-state index contributed by atoms with van der Waals surface area (Å²) in [4.78, 5) is 23.4. The highest BCUT2D eigenvalue weighted by Gasteiger charge is 2.26. The number of carbonyl (C=O) groups is 1. The predicted octanol–water partition coefficient (Wildman–Crippen LogP) is 2.53. The Morgan fingerprint density at radius 3 is 2.88 bits per heavy atom. The first-order chi connectivity index (χ1) is 16.4. The lowest BCUT2D eigenvalue weighted by atomic mass is 9.84. The molecule has 2 aromatic rings. The van der Waals surface area contributed by atoms with E-state index in [2.05, 4.69) is 42.5 Å². The maximum absolute atomic E-state index is 12.4. The van der Waals surface area contributed by atoms with Gasteiger partial charge in [-0.05, 0) is 43.9 Å². The number of likely N-dealkylation sites (N-methyl/N-ethyl adjacent to an activating group) is 1. The van der Waals surface area contributed by atoms with Crippen LogP contribution in [0.1, 0.15) is 43.0 Å². The van der Waals surface area contributed by atoms with E-state index in [9.17, 15) is 13.2 Å². The van der Waals surface area contributed by atoms with Gasteiger partial charge in [0, 0.05) is 37.9 Å². The van der Waals surface area contributed by atoms with E-state index in [1.807, 2.05) is 12.1 Å². The van der Waals surface area contributed by atoms with E-state index in [-0.39, 0.29) is 17.9 Å². The standard InChI is InChI=1S/C22H30ClN7O3S/c1-2-30-10-9-24-21(31)16-8-7-15(11-19(16)30)27-22-25-13-17(23)20(29-22)28-18-6-4-3-5-14(18)12-26-34(32)33/h7-8,11,13-14,18,34H,2-6,9-10,12H2,1H3,(H,24,31)(H,26,32,33)(H2,25,27,28,29)/t14-,18-/m1/s1. The smallest absolute Gasteiger partial charge is 0.253 e. The van der Waals surface area contributed by atoms with Gasteiger partial charge in [-0.2, -0.15) is 4.98 Å². The van der Waals surface area contributed by atoms with Gasteiger partial charge in [0.05, 0.1) is 17.4 Å². The van der Waals surface area contributed by atoms with Gasteiger partial charge >= 0.3 is 0 Å². The van der Waals surface area contributed by atoms with Crippen LogP contribution in [-0.2, 0) is 10.9 Å². The number of nitrogens with one attached hydrogen (secondary N) is 4. The molecule has 0 saturated heterocycles. The van der Waals surface area contributed by atoms with Crippen molar-refractivity contribution < 1.29 is 13.2 Å². The zero-order valence-corrected chi connectivity index (χ0v) is 20.7. The van der Waals surface area contributed by atoms with Crippen LogP contribution in [0.2, 0.25) is 5.02 Å². The van der Waals surface area contributed by atoms with E-state index in [4.69, 9.17) is 11.6 Å². The van der Waals surface area contributed by atoms with Crippen molar-refractivity contribution in [2.75, 3.05) is 41.7 Å². The molecule has 0 unspecified atom stereocenters. The lowest BCUT2D eigenvalue weighted by molar-refractivity contribution is 0.0958. The number of benzene rings is 1. The van der Waals surface area contributed by atoms with Gasteiger partial charge in [0.2, 0.25) is 16.8 Å². The average Bonchev–Trinajstić information content (AvgIpc) is 2.98. The molecular weight excluding hydrogens is 478 g/mol. The van der Waals surface area contributed by atoms with Crippen LogP contribution in [0.3, 0.4) is 0 Å². The minimum absolute atomic E-state index is 0.0561. The van der Waals surface area contributed by atoms with Gasteiger partial charge in [0.1, 0.15) is 5.02 Å². The number of rotatable bonds is 8. The number of nitrogens with zero attached hydrogens (tertiary/aromatic N) is 3. The van der Waals surface area contributed by atoms with Crippen LogP contribution in [-0.4, -0.2) is 56.5 Å². The van der Waals surface area contributed by atoms with Crippen molar-refractivity contribution in [3.63, 3.8) is 0 Å². The van der Waals surface area contributed by atoms with Gasteiger partial charge in [0.15, 0.2) is 5.82 Å². The third kappa shape index (κ3) is 5.89. The summed E-state index contributed by atoms with van der Waals surface area (Å²) >= 11 is 6.38. The molecule has 2 heterocycles. The second-order valence-electron chi connectivity index (χ2n) is 8.50. The lowest BCUT2D eigenvalue weighted by Gasteiger charge is -2.32. The quantitative estimate of drug-likeness (QED) is 0.345. The summed E-state index contributed by atoms with van der Waals surface area (Å²) in [5.41, 5.74) is 2.27. The van der Waals surface area contributed by atoms with Crippen LogP contribution in [0.4, 0.5) is 23.1 Å². The second kappa shape index (κ2) is 11.2. The molecule has 1 amide bonds. The maximum Gasteiger partial charge on any atom is 0.253 e. The van der Waals surface area contributed by atoms with Gasteiger partial charge in [-0.1, -0.05) is 24.4 Å². The Balaban J connectivity index is 1.52. The predicted molar refractivity (Wildman–Crippen MR) is 135 cm³/mol. The number of halogens is 1. The number of hydrogen-bond acceptors (Lipinski definition) is 8. The molecule has 4 N–H and O–H groups in total. The number of thiol groups is 1. The lowest BCUT2D eigenvalue weighted by Crippen LogP contribution is -2.38. The van der Waals surface area contributed by atoms with Crippen molar-refractivity contribution in [3.05, 3.63) is 35.0 Å². The zero-order valence-electron chi connectivity index (χ0n) is 19.0. The van der Waals surface area contributed by atoms with Crippen LogP contribution < -0.4 is 25.6 Å². The van der Waals surface area contributed by atoms with Gasteiger partial charge in [-0.15, -0.1) is 0 Å². The zero-order chi connectivity index (χ0) is 24.1. The molecule has 1 fully saturated rings. The van der Waals surface area contributed by atoms with Gasteiger partial charge in [-0.25, -0.2) is 18.1 Å². The topological polar surface area (TPSA) is 128 Å². The monoisotopic (exact) mass is 507 g/mol. The minimum Gasteiger partial charge on any atom is -0.369 e. The van der Waals surface area contributed by atoms with Crippen molar-refractivity contribution in [2.24, 2.45) is 5.92 Å². The van der Waals surface area contributed by atoms with Crippen LogP contribution in [0, 0.1) is 5.92 Å². The molecule has 34 heavy (non-hydrogen) atoms. The highest BCUT2D eigenvalue weighted by molar-refractivity contribution is 7.70. The fourth-order valence-corrected chi connectivity index (χ4v) is 5.11. The Labute approximate surface area is 206 Å².